The van der Waals surface area contributed by atoms with Crippen LogP contribution < -0.4 is 0 Å². The monoisotopic (exact) mass is 1300 g/mol. The van der Waals surface area contributed by atoms with Crippen molar-refractivity contribution in [1.29, 1.82) is 0 Å². The summed E-state index contributed by atoms with van der Waals surface area (Å²) in [4.78, 5) is 24.7. The molecule has 0 aliphatic heterocycles. The Morgan fingerprint density at radius 1 is 0.255 bits per heavy atom. The van der Waals surface area contributed by atoms with Gasteiger partial charge < -0.3 is 14.6 Å². The topological polar surface area (TPSA) is 72.8 Å². The molecule has 0 aliphatic carbocycles. The van der Waals surface area contributed by atoms with E-state index in [-0.39, 0.29) is 25.2 Å². The molecule has 0 fully saturated rings. The summed E-state index contributed by atoms with van der Waals surface area (Å²) in [6.07, 6.45) is 124. The third-order valence-electron chi connectivity index (χ3n) is 18.0. The highest BCUT2D eigenvalue weighted by atomic mass is 16.6. The molecule has 0 aromatic heterocycles. The van der Waals surface area contributed by atoms with Crippen LogP contribution in [-0.4, -0.2) is 36.4 Å². The highest BCUT2D eigenvalue weighted by Gasteiger charge is 2.16. The fraction of sp³-hybridized carbons (Fsp3) is 0.730. The van der Waals surface area contributed by atoms with Crippen molar-refractivity contribution >= 4 is 11.9 Å². The molecule has 5 heteroatoms. The molecule has 540 valence electrons. The Morgan fingerprint density at radius 3 is 0.691 bits per heavy atom. The van der Waals surface area contributed by atoms with E-state index in [1.54, 1.807) is 0 Å². The number of ether oxygens (including phenoxy) is 2. The number of aliphatic hydroxyl groups excluding tert-OH is 1. The minimum atomic E-state index is -0.787. The highest BCUT2D eigenvalue weighted by molar-refractivity contribution is 5.70. The molecule has 0 aromatic rings. The van der Waals surface area contributed by atoms with Crippen LogP contribution in [0.4, 0.5) is 0 Å². The van der Waals surface area contributed by atoms with Crippen LogP contribution in [0.25, 0.3) is 0 Å². The summed E-state index contributed by atoms with van der Waals surface area (Å²) in [6.45, 7) is 4.06. The van der Waals surface area contributed by atoms with E-state index in [1.165, 1.54) is 257 Å². The number of carbonyl (C=O) groups excluding carboxylic acids is 2. The third-order valence-corrected chi connectivity index (χ3v) is 18.0. The minimum Gasteiger partial charge on any atom is -0.462 e. The molecular formula is C89H154O5. The molecule has 0 saturated heterocycles. The summed E-state index contributed by atoms with van der Waals surface area (Å²) in [5.41, 5.74) is 0. The van der Waals surface area contributed by atoms with E-state index in [4.69, 9.17) is 9.47 Å². The first-order chi connectivity index (χ1) is 46.6. The van der Waals surface area contributed by atoms with Gasteiger partial charge in [0.2, 0.25) is 0 Å². The van der Waals surface area contributed by atoms with Crippen molar-refractivity contribution in [1.82, 2.24) is 0 Å². The van der Waals surface area contributed by atoms with Crippen molar-refractivity contribution in [3.63, 3.8) is 0 Å². The van der Waals surface area contributed by atoms with Gasteiger partial charge in [0.15, 0.2) is 6.10 Å². The highest BCUT2D eigenvalue weighted by Crippen LogP contribution is 2.19. The van der Waals surface area contributed by atoms with E-state index < -0.39 is 6.10 Å². The van der Waals surface area contributed by atoms with Crippen LogP contribution in [-0.2, 0) is 19.1 Å². The van der Waals surface area contributed by atoms with Crippen LogP contribution in [0, 0.1) is 0 Å². The largest absolute Gasteiger partial charge is 0.462 e. The fourth-order valence-corrected chi connectivity index (χ4v) is 11.9. The van der Waals surface area contributed by atoms with Gasteiger partial charge in [-0.2, -0.15) is 0 Å². The lowest BCUT2D eigenvalue weighted by Gasteiger charge is -2.15. The standard InChI is InChI=1S/C89H154O5/c1-3-5-7-9-11-13-15-17-19-21-23-25-27-29-31-33-35-37-39-41-43-44-46-48-50-52-54-56-58-60-62-64-66-68-70-72-74-76-78-80-82-84-89(92)94-87(85-90)86-93-88(91)83-81-79-77-75-73-71-69-67-65-63-61-59-57-55-53-51-49-47-45-42-40-38-36-34-32-30-28-26-24-22-20-18-16-14-12-10-8-6-4-2/h5,7,11,13,17,19,23,25,29,31,35,37,41,43,46,48,52,54,58,60,64,66,87,90H,3-4,6,8-10,12,14-16,18,20-22,24,26-28,30,32-34,36,38-40,42,44-45,47,49-51,53,55-57,59,61-63,65,67-86H2,1-2H3/b7-5-,13-11-,19-17-,25-23-,31-29-,37-35-,43-41-,48-46-,54-52-,60-58-,66-64-. The SMILES string of the molecule is CC/C=C\C/C=C\C/C=C\C/C=C\C/C=C\C/C=C\C/C=C\C/C=C\C/C=C\C/C=C\C/C=C\CCCCCCCCCC(=O)OC(CO)COC(=O)CCCCCCCCCCCCCCCCCCCCCCCCCCCCCCCCCCCCCCCCC. The Labute approximate surface area is 585 Å². The van der Waals surface area contributed by atoms with Gasteiger partial charge in [-0.1, -0.05) is 424 Å². The molecule has 0 saturated carbocycles. The van der Waals surface area contributed by atoms with Crippen LogP contribution in [0.5, 0.6) is 0 Å². The maximum Gasteiger partial charge on any atom is 0.306 e. The van der Waals surface area contributed by atoms with Crippen molar-refractivity contribution in [2.75, 3.05) is 13.2 Å². The zero-order chi connectivity index (χ0) is 67.5. The predicted molar refractivity (Wildman–Crippen MR) is 417 cm³/mol. The predicted octanol–water partition coefficient (Wildman–Crippen LogP) is 29.0. The lowest BCUT2D eigenvalue weighted by Crippen LogP contribution is -2.28. The second-order valence-corrected chi connectivity index (χ2v) is 27.1. The molecule has 0 spiro atoms. The Kier molecular flexibility index (Phi) is 79.8. The third kappa shape index (κ3) is 80.5. The number of esters is 2. The zero-order valence-corrected chi connectivity index (χ0v) is 62.2. The number of hydrogen-bond donors (Lipinski definition) is 1. The van der Waals surface area contributed by atoms with E-state index >= 15 is 0 Å². The number of carbonyl (C=O) groups is 2. The van der Waals surface area contributed by atoms with Crippen LogP contribution in [0.15, 0.2) is 134 Å². The van der Waals surface area contributed by atoms with Crippen molar-refractivity contribution in [3.05, 3.63) is 134 Å². The van der Waals surface area contributed by atoms with E-state index in [9.17, 15) is 14.7 Å². The Balaban J connectivity index is 3.49. The minimum absolute atomic E-state index is 0.0733. The van der Waals surface area contributed by atoms with E-state index in [1.807, 2.05) is 0 Å². The average Bonchev–Trinajstić information content (AvgIpc) is 3.77. The molecule has 94 heavy (non-hydrogen) atoms. The van der Waals surface area contributed by atoms with Crippen molar-refractivity contribution < 1.29 is 24.2 Å². The van der Waals surface area contributed by atoms with Gasteiger partial charge in [0.05, 0.1) is 6.61 Å². The first-order valence-corrected chi connectivity index (χ1v) is 40.7. The van der Waals surface area contributed by atoms with Crippen LogP contribution >= 0.6 is 0 Å². The van der Waals surface area contributed by atoms with Gasteiger partial charge in [-0.05, 0) is 96.3 Å². The first kappa shape index (κ1) is 90.0. The van der Waals surface area contributed by atoms with Crippen LogP contribution in [0.3, 0.4) is 0 Å². The Bertz CT molecular complexity index is 1870. The summed E-state index contributed by atoms with van der Waals surface area (Å²) >= 11 is 0. The second kappa shape index (κ2) is 83.3. The van der Waals surface area contributed by atoms with Gasteiger partial charge in [0, 0.05) is 12.8 Å². The summed E-state index contributed by atoms with van der Waals surface area (Å²) in [5.74, 6) is -0.594. The zero-order valence-electron chi connectivity index (χ0n) is 62.2. The molecule has 0 radical (unpaired) electrons. The lowest BCUT2D eigenvalue weighted by molar-refractivity contribution is -0.161. The van der Waals surface area contributed by atoms with Gasteiger partial charge in [-0.25, -0.2) is 0 Å². The summed E-state index contributed by atoms with van der Waals surface area (Å²) in [7, 11) is 0. The molecular weight excluding hydrogens is 1150 g/mol. The molecule has 1 atom stereocenters. The van der Waals surface area contributed by atoms with E-state index in [2.05, 4.69) is 148 Å². The second-order valence-electron chi connectivity index (χ2n) is 27.1. The van der Waals surface area contributed by atoms with Crippen LogP contribution in [0.2, 0.25) is 0 Å². The van der Waals surface area contributed by atoms with Gasteiger partial charge in [0.1, 0.15) is 6.61 Å². The first-order valence-electron chi connectivity index (χ1n) is 40.7. The van der Waals surface area contributed by atoms with Crippen molar-refractivity contribution in [2.45, 2.75) is 405 Å². The van der Waals surface area contributed by atoms with E-state index in [0.717, 1.165) is 116 Å². The average molecular weight is 1300 g/mol. The molecule has 0 aliphatic rings. The van der Waals surface area contributed by atoms with Crippen LogP contribution in [0.1, 0.15) is 399 Å². The number of aliphatic hydroxyl groups is 1. The van der Waals surface area contributed by atoms with Gasteiger partial charge >= 0.3 is 11.9 Å². The molecule has 0 heterocycles. The maximum atomic E-state index is 12.4. The summed E-state index contributed by atoms with van der Waals surface area (Å²) in [5, 5.41) is 9.73. The quantitative estimate of drug-likeness (QED) is 0.0373. The number of unbranched alkanes of at least 4 members (excludes halogenated alkanes) is 45. The van der Waals surface area contributed by atoms with Gasteiger partial charge in [0.25, 0.3) is 0 Å². The van der Waals surface area contributed by atoms with Gasteiger partial charge in [-0.15, -0.1) is 0 Å². The number of hydrogen-bond acceptors (Lipinski definition) is 5. The normalized spacial score (nSPS) is 12.9. The molecule has 0 rings (SSSR count). The Morgan fingerprint density at radius 2 is 0.457 bits per heavy atom. The summed E-state index contributed by atoms with van der Waals surface area (Å²) in [6, 6.07) is 0. The molecule has 0 aromatic carbocycles. The molecule has 0 amide bonds. The number of allylic oxidation sites excluding steroid dienone is 22. The Hall–Kier alpha value is -3.96. The molecule has 1 unspecified atom stereocenters. The van der Waals surface area contributed by atoms with Crippen molar-refractivity contribution in [2.24, 2.45) is 0 Å². The molecule has 1 N–H and O–H groups in total. The molecule has 5 nitrogen and oxygen atoms in total. The smallest absolute Gasteiger partial charge is 0.306 e. The van der Waals surface area contributed by atoms with E-state index in [0.29, 0.717) is 12.8 Å². The van der Waals surface area contributed by atoms with Gasteiger partial charge in [-0.3, -0.25) is 9.59 Å². The fourth-order valence-electron chi connectivity index (χ4n) is 11.9. The van der Waals surface area contributed by atoms with Crippen molar-refractivity contribution in [3.8, 4) is 0 Å². The molecule has 0 bridgehead atoms. The summed E-state index contributed by atoms with van der Waals surface area (Å²) < 4.78 is 10.8. The lowest BCUT2D eigenvalue weighted by atomic mass is 10.0. The number of rotatable bonds is 75. The maximum absolute atomic E-state index is 12.4.